The van der Waals surface area contributed by atoms with E-state index in [1.807, 2.05) is 42.5 Å². The van der Waals surface area contributed by atoms with Crippen LogP contribution in [0.2, 0.25) is 5.02 Å². The van der Waals surface area contributed by atoms with Gasteiger partial charge in [0.2, 0.25) is 0 Å². The summed E-state index contributed by atoms with van der Waals surface area (Å²) in [6.45, 7) is 4.39. The number of benzene rings is 2. The molecule has 0 saturated heterocycles. The molecule has 1 heterocycles. The number of ether oxygens (including phenoxy) is 1. The molecule has 0 radical (unpaired) electrons. The van der Waals surface area contributed by atoms with Crippen LogP contribution in [-0.2, 0) is 13.0 Å². The zero-order chi connectivity index (χ0) is 16.8. The SMILES string of the molecule is CCCOc1ccc(CNCCc2nc3ccccc3[nH]2)cc1Cl. The number of nitrogens with one attached hydrogen (secondary N) is 2. The molecule has 0 atom stereocenters. The Morgan fingerprint density at radius 2 is 2.08 bits per heavy atom. The lowest BCUT2D eigenvalue weighted by atomic mass is 10.2. The summed E-state index contributed by atoms with van der Waals surface area (Å²) >= 11 is 6.25. The van der Waals surface area contributed by atoms with Gasteiger partial charge in [-0.15, -0.1) is 0 Å². The highest BCUT2D eigenvalue weighted by molar-refractivity contribution is 6.32. The molecule has 0 fully saturated rings. The van der Waals surface area contributed by atoms with Crippen LogP contribution < -0.4 is 10.1 Å². The lowest BCUT2D eigenvalue weighted by Crippen LogP contribution is -2.17. The quantitative estimate of drug-likeness (QED) is 0.598. The van der Waals surface area contributed by atoms with Gasteiger partial charge in [-0.1, -0.05) is 36.7 Å². The number of aromatic amines is 1. The Morgan fingerprint density at radius 3 is 2.88 bits per heavy atom. The van der Waals surface area contributed by atoms with Gasteiger partial charge in [0.15, 0.2) is 0 Å². The smallest absolute Gasteiger partial charge is 0.137 e. The third-order valence-electron chi connectivity index (χ3n) is 3.76. The molecule has 0 aliphatic carbocycles. The molecule has 2 aromatic carbocycles. The van der Waals surface area contributed by atoms with E-state index in [-0.39, 0.29) is 0 Å². The number of hydrogen-bond donors (Lipinski definition) is 2. The predicted octanol–water partition coefficient (Wildman–Crippen LogP) is 4.34. The molecule has 0 aliphatic heterocycles. The third-order valence-corrected chi connectivity index (χ3v) is 4.06. The molecule has 2 N–H and O–H groups in total. The van der Waals surface area contributed by atoms with E-state index < -0.39 is 0 Å². The summed E-state index contributed by atoms with van der Waals surface area (Å²) < 4.78 is 5.59. The second kappa shape index (κ2) is 8.18. The Kier molecular flexibility index (Phi) is 5.72. The van der Waals surface area contributed by atoms with E-state index in [2.05, 4.69) is 22.2 Å². The molecule has 3 rings (SSSR count). The minimum atomic E-state index is 0.667. The second-order valence-corrected chi connectivity index (χ2v) is 6.15. The summed E-state index contributed by atoms with van der Waals surface area (Å²) in [6, 6.07) is 14.0. The van der Waals surface area contributed by atoms with Crippen molar-refractivity contribution in [2.75, 3.05) is 13.2 Å². The molecule has 0 bridgehead atoms. The van der Waals surface area contributed by atoms with Gasteiger partial charge in [-0.3, -0.25) is 0 Å². The standard InChI is InChI=1S/C19H22ClN3O/c1-2-11-24-18-8-7-14(12-15(18)20)13-21-10-9-19-22-16-5-3-4-6-17(16)23-19/h3-8,12,21H,2,9-11,13H2,1H3,(H,22,23). The summed E-state index contributed by atoms with van der Waals surface area (Å²) in [5, 5.41) is 4.09. The van der Waals surface area contributed by atoms with Crippen LogP contribution in [0.15, 0.2) is 42.5 Å². The van der Waals surface area contributed by atoms with Crippen LogP contribution in [0.1, 0.15) is 24.7 Å². The fraction of sp³-hybridized carbons (Fsp3) is 0.316. The molecule has 126 valence electrons. The summed E-state index contributed by atoms with van der Waals surface area (Å²) in [6.07, 6.45) is 1.83. The van der Waals surface area contributed by atoms with E-state index in [9.17, 15) is 0 Å². The highest BCUT2D eigenvalue weighted by atomic mass is 35.5. The van der Waals surface area contributed by atoms with Gasteiger partial charge in [-0.2, -0.15) is 0 Å². The molecule has 0 spiro atoms. The molecule has 4 nitrogen and oxygen atoms in total. The molecule has 0 amide bonds. The number of hydrogen-bond acceptors (Lipinski definition) is 3. The molecule has 0 unspecified atom stereocenters. The first-order valence-corrected chi connectivity index (χ1v) is 8.69. The maximum Gasteiger partial charge on any atom is 0.137 e. The Balaban J connectivity index is 1.48. The number of rotatable bonds is 8. The van der Waals surface area contributed by atoms with E-state index in [0.29, 0.717) is 11.6 Å². The van der Waals surface area contributed by atoms with Gasteiger partial charge >= 0.3 is 0 Å². The third kappa shape index (κ3) is 4.28. The maximum absolute atomic E-state index is 6.25. The first-order chi connectivity index (χ1) is 11.8. The van der Waals surface area contributed by atoms with Crippen LogP contribution in [0.25, 0.3) is 11.0 Å². The van der Waals surface area contributed by atoms with Gasteiger partial charge in [0.05, 0.1) is 22.7 Å². The first kappa shape index (κ1) is 16.8. The van der Waals surface area contributed by atoms with E-state index in [1.54, 1.807) is 0 Å². The predicted molar refractivity (Wildman–Crippen MR) is 98.7 cm³/mol. The highest BCUT2D eigenvalue weighted by Crippen LogP contribution is 2.25. The van der Waals surface area contributed by atoms with Crippen molar-refractivity contribution in [3.8, 4) is 5.75 Å². The van der Waals surface area contributed by atoms with Gasteiger partial charge in [0.1, 0.15) is 11.6 Å². The van der Waals surface area contributed by atoms with Gasteiger partial charge in [0, 0.05) is 19.5 Å². The number of H-pyrrole nitrogens is 1. The lowest BCUT2D eigenvalue weighted by molar-refractivity contribution is 0.317. The Labute approximate surface area is 147 Å². The van der Waals surface area contributed by atoms with Crippen LogP contribution in [0, 0.1) is 0 Å². The van der Waals surface area contributed by atoms with Gasteiger partial charge in [-0.25, -0.2) is 4.98 Å². The van der Waals surface area contributed by atoms with Crippen molar-refractivity contribution in [3.63, 3.8) is 0 Å². The Bertz CT molecular complexity index is 767. The zero-order valence-electron chi connectivity index (χ0n) is 13.8. The summed E-state index contributed by atoms with van der Waals surface area (Å²) in [5.74, 6) is 1.76. The van der Waals surface area contributed by atoms with Crippen molar-refractivity contribution in [1.29, 1.82) is 0 Å². The molecule has 0 aliphatic rings. The van der Waals surface area contributed by atoms with E-state index in [4.69, 9.17) is 16.3 Å². The fourth-order valence-electron chi connectivity index (χ4n) is 2.55. The number of nitrogens with zero attached hydrogens (tertiary/aromatic N) is 1. The van der Waals surface area contributed by atoms with E-state index in [1.165, 1.54) is 0 Å². The van der Waals surface area contributed by atoms with Crippen LogP contribution in [-0.4, -0.2) is 23.1 Å². The van der Waals surface area contributed by atoms with Gasteiger partial charge in [-0.05, 0) is 36.2 Å². The lowest BCUT2D eigenvalue weighted by Gasteiger charge is -2.09. The van der Waals surface area contributed by atoms with Crippen molar-refractivity contribution in [3.05, 3.63) is 58.9 Å². The molecule has 1 aromatic heterocycles. The minimum Gasteiger partial charge on any atom is -0.492 e. The summed E-state index contributed by atoms with van der Waals surface area (Å²) in [4.78, 5) is 7.92. The number of halogens is 1. The maximum atomic E-state index is 6.25. The second-order valence-electron chi connectivity index (χ2n) is 5.74. The van der Waals surface area contributed by atoms with Crippen LogP contribution in [0.5, 0.6) is 5.75 Å². The van der Waals surface area contributed by atoms with Gasteiger partial charge in [0.25, 0.3) is 0 Å². The molecule has 24 heavy (non-hydrogen) atoms. The summed E-state index contributed by atoms with van der Waals surface area (Å²) in [5.41, 5.74) is 3.25. The average molecular weight is 344 g/mol. The normalized spacial score (nSPS) is 11.1. The zero-order valence-corrected chi connectivity index (χ0v) is 14.6. The van der Waals surface area contributed by atoms with Crippen molar-refractivity contribution < 1.29 is 4.74 Å². The minimum absolute atomic E-state index is 0.667. The number of imidazole rings is 1. The van der Waals surface area contributed by atoms with Crippen molar-refractivity contribution in [2.24, 2.45) is 0 Å². The van der Waals surface area contributed by atoms with E-state index in [0.717, 1.165) is 54.1 Å². The number of fused-ring (bicyclic) bond motifs is 1. The molecule has 5 heteroatoms. The molecular formula is C19H22ClN3O. The van der Waals surface area contributed by atoms with Crippen molar-refractivity contribution in [2.45, 2.75) is 26.3 Å². The van der Waals surface area contributed by atoms with Gasteiger partial charge < -0.3 is 15.0 Å². The monoisotopic (exact) mass is 343 g/mol. The fourth-order valence-corrected chi connectivity index (χ4v) is 2.80. The number of para-hydroxylation sites is 2. The molecule has 0 saturated carbocycles. The first-order valence-electron chi connectivity index (χ1n) is 8.32. The molecule has 3 aromatic rings. The molecular weight excluding hydrogens is 322 g/mol. The average Bonchev–Trinajstić information content (AvgIpc) is 3.01. The van der Waals surface area contributed by atoms with Crippen LogP contribution >= 0.6 is 11.6 Å². The van der Waals surface area contributed by atoms with Crippen molar-refractivity contribution >= 4 is 22.6 Å². The summed E-state index contributed by atoms with van der Waals surface area (Å²) in [7, 11) is 0. The van der Waals surface area contributed by atoms with E-state index >= 15 is 0 Å². The van der Waals surface area contributed by atoms with Crippen LogP contribution in [0.4, 0.5) is 0 Å². The Hall–Kier alpha value is -2.04. The number of aromatic nitrogens is 2. The van der Waals surface area contributed by atoms with Crippen LogP contribution in [0.3, 0.4) is 0 Å². The highest BCUT2D eigenvalue weighted by Gasteiger charge is 2.04. The largest absolute Gasteiger partial charge is 0.492 e. The topological polar surface area (TPSA) is 49.9 Å². The van der Waals surface area contributed by atoms with Crippen molar-refractivity contribution in [1.82, 2.24) is 15.3 Å². The Morgan fingerprint density at radius 1 is 1.21 bits per heavy atom.